The predicted octanol–water partition coefficient (Wildman–Crippen LogP) is 2.29. The number of amides is 1. The lowest BCUT2D eigenvalue weighted by Crippen LogP contribution is -2.56. The standard InChI is InChI=1S/C19H30N4O/c1-15-7-3-4-8-17(15)21-19(24)16(2)22-11-13-23(14-12-22)18-9-5-6-10-20-18/h5-6,9-10,15-17H,3-4,7-8,11-14H2,1-2H3,(H,21,24)/t15-,16+,17+/m1/s1. The van der Waals surface area contributed by atoms with Crippen LogP contribution in [0.25, 0.3) is 0 Å². The number of hydrogen-bond acceptors (Lipinski definition) is 4. The third kappa shape index (κ3) is 4.07. The number of nitrogens with one attached hydrogen (secondary N) is 1. The van der Waals surface area contributed by atoms with E-state index in [0.29, 0.717) is 12.0 Å². The van der Waals surface area contributed by atoms with Crippen LogP contribution in [-0.2, 0) is 4.79 Å². The van der Waals surface area contributed by atoms with Crippen LogP contribution in [0.3, 0.4) is 0 Å². The zero-order valence-electron chi connectivity index (χ0n) is 14.9. The van der Waals surface area contributed by atoms with Crippen LogP contribution in [0.5, 0.6) is 0 Å². The molecule has 3 rings (SSSR count). The molecule has 132 valence electrons. The molecule has 1 saturated carbocycles. The number of pyridine rings is 1. The van der Waals surface area contributed by atoms with E-state index in [1.54, 1.807) is 0 Å². The fraction of sp³-hybridized carbons (Fsp3) is 0.684. The number of piperazine rings is 1. The van der Waals surface area contributed by atoms with Gasteiger partial charge in [0.15, 0.2) is 0 Å². The van der Waals surface area contributed by atoms with Gasteiger partial charge in [-0.15, -0.1) is 0 Å². The lowest BCUT2D eigenvalue weighted by molar-refractivity contribution is -0.127. The molecule has 2 fully saturated rings. The van der Waals surface area contributed by atoms with Crippen LogP contribution in [0.1, 0.15) is 39.5 Å². The second-order valence-corrected chi connectivity index (χ2v) is 7.26. The Kier molecular flexibility index (Phi) is 5.72. The summed E-state index contributed by atoms with van der Waals surface area (Å²) in [6.45, 7) is 7.97. The molecule has 0 bridgehead atoms. The van der Waals surface area contributed by atoms with E-state index < -0.39 is 0 Å². The minimum Gasteiger partial charge on any atom is -0.354 e. The Morgan fingerprint density at radius 2 is 1.96 bits per heavy atom. The number of rotatable bonds is 4. The summed E-state index contributed by atoms with van der Waals surface area (Å²) in [7, 11) is 0. The van der Waals surface area contributed by atoms with Gasteiger partial charge in [0.2, 0.25) is 5.91 Å². The molecule has 1 aliphatic heterocycles. The van der Waals surface area contributed by atoms with Gasteiger partial charge in [-0.2, -0.15) is 0 Å². The van der Waals surface area contributed by atoms with Crippen LogP contribution in [-0.4, -0.2) is 54.1 Å². The summed E-state index contributed by atoms with van der Waals surface area (Å²) in [5, 5.41) is 3.30. The van der Waals surface area contributed by atoms with Crippen molar-refractivity contribution < 1.29 is 4.79 Å². The lowest BCUT2D eigenvalue weighted by Gasteiger charge is -2.39. The van der Waals surface area contributed by atoms with Gasteiger partial charge < -0.3 is 10.2 Å². The van der Waals surface area contributed by atoms with Gasteiger partial charge in [-0.25, -0.2) is 4.98 Å². The van der Waals surface area contributed by atoms with E-state index in [1.807, 2.05) is 25.3 Å². The highest BCUT2D eigenvalue weighted by atomic mass is 16.2. The van der Waals surface area contributed by atoms with Crippen molar-refractivity contribution in [2.45, 2.75) is 51.6 Å². The average molecular weight is 330 g/mol. The summed E-state index contributed by atoms with van der Waals surface area (Å²) in [6.07, 6.45) is 6.75. The smallest absolute Gasteiger partial charge is 0.237 e. The summed E-state index contributed by atoms with van der Waals surface area (Å²) < 4.78 is 0. The van der Waals surface area contributed by atoms with Crippen molar-refractivity contribution in [1.82, 2.24) is 15.2 Å². The topological polar surface area (TPSA) is 48.5 Å². The van der Waals surface area contributed by atoms with E-state index in [1.165, 1.54) is 19.3 Å². The Hall–Kier alpha value is -1.62. The Balaban J connectivity index is 1.49. The maximum Gasteiger partial charge on any atom is 0.237 e. The molecule has 24 heavy (non-hydrogen) atoms. The molecule has 3 atom stereocenters. The van der Waals surface area contributed by atoms with Crippen molar-refractivity contribution in [2.24, 2.45) is 5.92 Å². The van der Waals surface area contributed by atoms with E-state index >= 15 is 0 Å². The molecule has 1 aliphatic carbocycles. The van der Waals surface area contributed by atoms with Crippen LogP contribution in [0.2, 0.25) is 0 Å². The van der Waals surface area contributed by atoms with Crippen molar-refractivity contribution >= 4 is 11.7 Å². The molecular formula is C19H30N4O. The first-order chi connectivity index (χ1) is 11.6. The second kappa shape index (κ2) is 7.97. The fourth-order valence-electron chi connectivity index (χ4n) is 3.88. The molecule has 1 saturated heterocycles. The highest BCUT2D eigenvalue weighted by molar-refractivity contribution is 5.81. The highest BCUT2D eigenvalue weighted by Gasteiger charge is 2.29. The monoisotopic (exact) mass is 330 g/mol. The first kappa shape index (κ1) is 17.2. The van der Waals surface area contributed by atoms with Crippen LogP contribution < -0.4 is 10.2 Å². The van der Waals surface area contributed by atoms with Crippen LogP contribution in [0.4, 0.5) is 5.82 Å². The molecule has 1 amide bonds. The van der Waals surface area contributed by atoms with E-state index in [-0.39, 0.29) is 11.9 Å². The van der Waals surface area contributed by atoms with Crippen molar-refractivity contribution in [1.29, 1.82) is 0 Å². The molecule has 5 nitrogen and oxygen atoms in total. The van der Waals surface area contributed by atoms with E-state index in [2.05, 4.69) is 33.1 Å². The molecule has 0 spiro atoms. The Bertz CT molecular complexity index is 527. The minimum absolute atomic E-state index is 0.0509. The third-order valence-corrected chi connectivity index (χ3v) is 5.65. The lowest BCUT2D eigenvalue weighted by atomic mass is 9.86. The number of anilines is 1. The Labute approximate surface area is 145 Å². The minimum atomic E-state index is -0.0509. The Morgan fingerprint density at radius 3 is 2.62 bits per heavy atom. The molecule has 5 heteroatoms. The summed E-state index contributed by atoms with van der Waals surface area (Å²) in [6, 6.07) is 6.33. The van der Waals surface area contributed by atoms with Crippen molar-refractivity contribution in [3.8, 4) is 0 Å². The first-order valence-corrected chi connectivity index (χ1v) is 9.35. The zero-order valence-corrected chi connectivity index (χ0v) is 14.9. The molecular weight excluding hydrogens is 300 g/mol. The molecule has 2 heterocycles. The average Bonchev–Trinajstić information content (AvgIpc) is 2.64. The van der Waals surface area contributed by atoms with Gasteiger partial charge in [-0.05, 0) is 37.8 Å². The maximum atomic E-state index is 12.6. The molecule has 1 aromatic heterocycles. The van der Waals surface area contributed by atoms with Crippen LogP contribution in [0, 0.1) is 5.92 Å². The van der Waals surface area contributed by atoms with E-state index in [4.69, 9.17) is 0 Å². The largest absolute Gasteiger partial charge is 0.354 e. The van der Waals surface area contributed by atoms with E-state index in [0.717, 1.165) is 38.4 Å². The molecule has 0 unspecified atom stereocenters. The van der Waals surface area contributed by atoms with Gasteiger partial charge in [0.05, 0.1) is 6.04 Å². The van der Waals surface area contributed by atoms with Gasteiger partial charge in [-0.3, -0.25) is 9.69 Å². The summed E-state index contributed by atoms with van der Waals surface area (Å²) in [5.41, 5.74) is 0. The number of carbonyl (C=O) groups excluding carboxylic acids is 1. The molecule has 1 aromatic rings. The summed E-state index contributed by atoms with van der Waals surface area (Å²) in [4.78, 5) is 21.6. The number of aromatic nitrogens is 1. The van der Waals surface area contributed by atoms with Gasteiger partial charge in [0.1, 0.15) is 5.82 Å². The van der Waals surface area contributed by atoms with Crippen molar-refractivity contribution in [3.63, 3.8) is 0 Å². The molecule has 2 aliphatic rings. The number of nitrogens with zero attached hydrogens (tertiary/aromatic N) is 3. The third-order valence-electron chi connectivity index (χ3n) is 5.65. The summed E-state index contributed by atoms with van der Waals surface area (Å²) in [5.74, 6) is 1.83. The normalized spacial score (nSPS) is 26.8. The van der Waals surface area contributed by atoms with Gasteiger partial charge in [-0.1, -0.05) is 25.8 Å². The van der Waals surface area contributed by atoms with Crippen molar-refractivity contribution in [3.05, 3.63) is 24.4 Å². The molecule has 0 aromatic carbocycles. The molecule has 1 N–H and O–H groups in total. The SMILES string of the molecule is C[C@@H]1CCCC[C@@H]1NC(=O)[C@H](C)N1CCN(c2ccccn2)CC1. The number of carbonyl (C=O) groups is 1. The van der Waals surface area contributed by atoms with Crippen LogP contribution in [0.15, 0.2) is 24.4 Å². The predicted molar refractivity (Wildman–Crippen MR) is 97.0 cm³/mol. The van der Waals surface area contributed by atoms with E-state index in [9.17, 15) is 4.79 Å². The fourth-order valence-corrected chi connectivity index (χ4v) is 3.88. The quantitative estimate of drug-likeness (QED) is 0.920. The first-order valence-electron chi connectivity index (χ1n) is 9.35. The van der Waals surface area contributed by atoms with Gasteiger partial charge in [0.25, 0.3) is 0 Å². The maximum absolute atomic E-state index is 12.6. The summed E-state index contributed by atoms with van der Waals surface area (Å²) >= 11 is 0. The van der Waals surface area contributed by atoms with Gasteiger partial charge >= 0.3 is 0 Å². The van der Waals surface area contributed by atoms with Crippen molar-refractivity contribution in [2.75, 3.05) is 31.1 Å². The second-order valence-electron chi connectivity index (χ2n) is 7.26. The number of hydrogen-bond donors (Lipinski definition) is 1. The highest BCUT2D eigenvalue weighted by Crippen LogP contribution is 2.24. The Morgan fingerprint density at radius 1 is 1.21 bits per heavy atom. The van der Waals surface area contributed by atoms with Crippen LogP contribution >= 0.6 is 0 Å². The van der Waals surface area contributed by atoms with Gasteiger partial charge in [0, 0.05) is 38.4 Å². The molecule has 0 radical (unpaired) electrons. The zero-order chi connectivity index (χ0) is 16.9.